The van der Waals surface area contributed by atoms with Crippen molar-refractivity contribution in [2.75, 3.05) is 13.1 Å². The molecule has 1 aliphatic carbocycles. The van der Waals surface area contributed by atoms with Crippen molar-refractivity contribution in [3.8, 4) is 0 Å². The number of likely N-dealkylation sites (tertiary alicyclic amines) is 1. The van der Waals surface area contributed by atoms with E-state index >= 15 is 0 Å². The van der Waals surface area contributed by atoms with Crippen LogP contribution in [0.5, 0.6) is 0 Å². The number of benzene rings is 1. The molecule has 136 valence electrons. The molecule has 4 aliphatic rings. The molecule has 3 aliphatic heterocycles. The molecule has 1 saturated carbocycles. The molecule has 1 aromatic carbocycles. The van der Waals surface area contributed by atoms with Gasteiger partial charge in [-0.15, -0.1) is 0 Å². The van der Waals surface area contributed by atoms with Crippen LogP contribution < -0.4 is 0 Å². The summed E-state index contributed by atoms with van der Waals surface area (Å²) >= 11 is 0. The third-order valence-electron chi connectivity index (χ3n) is 5.93. The van der Waals surface area contributed by atoms with Crippen molar-refractivity contribution >= 4 is 5.84 Å². The van der Waals surface area contributed by atoms with E-state index in [1.807, 2.05) is 6.08 Å². The van der Waals surface area contributed by atoms with Crippen molar-refractivity contribution in [2.45, 2.75) is 44.2 Å². The minimum Gasteiger partial charge on any atom is -0.349 e. The largest absolute Gasteiger partial charge is 0.349 e. The third kappa shape index (κ3) is 2.55. The van der Waals surface area contributed by atoms with E-state index < -0.39 is 5.82 Å². The SMILES string of the molecule is Fc1ccc(F)c([C@H]2CCCN2C2=NC3=CCN(C4CCC4)N3C=C2)c1. The van der Waals surface area contributed by atoms with Gasteiger partial charge in [0.2, 0.25) is 0 Å². The second kappa shape index (κ2) is 6.20. The molecule has 3 heterocycles. The Kier molecular flexibility index (Phi) is 3.81. The van der Waals surface area contributed by atoms with E-state index in [4.69, 9.17) is 4.99 Å². The van der Waals surface area contributed by atoms with Crippen molar-refractivity contribution < 1.29 is 8.78 Å². The van der Waals surface area contributed by atoms with Crippen LogP contribution in [-0.4, -0.2) is 39.9 Å². The lowest BCUT2D eigenvalue weighted by molar-refractivity contribution is 0.000832. The topological polar surface area (TPSA) is 22.1 Å². The maximum atomic E-state index is 14.3. The van der Waals surface area contributed by atoms with E-state index in [2.05, 4.69) is 27.2 Å². The summed E-state index contributed by atoms with van der Waals surface area (Å²) in [6.07, 6.45) is 11.8. The predicted molar refractivity (Wildman–Crippen MR) is 95.9 cm³/mol. The maximum absolute atomic E-state index is 14.3. The summed E-state index contributed by atoms with van der Waals surface area (Å²) in [5, 5.41) is 4.50. The predicted octanol–water partition coefficient (Wildman–Crippen LogP) is 3.95. The van der Waals surface area contributed by atoms with Crippen LogP contribution in [0.3, 0.4) is 0 Å². The lowest BCUT2D eigenvalue weighted by atomic mass is 9.93. The fraction of sp³-hybridized carbons (Fsp3) is 0.450. The van der Waals surface area contributed by atoms with Gasteiger partial charge in [0, 0.05) is 30.9 Å². The van der Waals surface area contributed by atoms with Gasteiger partial charge in [-0.2, -0.15) is 0 Å². The van der Waals surface area contributed by atoms with Gasteiger partial charge in [0.15, 0.2) is 0 Å². The number of nitrogens with zero attached hydrogens (tertiary/aromatic N) is 4. The summed E-state index contributed by atoms with van der Waals surface area (Å²) in [4.78, 5) is 6.94. The van der Waals surface area contributed by atoms with Gasteiger partial charge < -0.3 is 4.90 Å². The van der Waals surface area contributed by atoms with Crippen LogP contribution in [0.15, 0.2) is 47.4 Å². The first-order chi connectivity index (χ1) is 12.7. The zero-order valence-electron chi connectivity index (χ0n) is 14.6. The Labute approximate surface area is 152 Å². The smallest absolute Gasteiger partial charge is 0.146 e. The highest BCUT2D eigenvalue weighted by Crippen LogP contribution is 2.37. The third-order valence-corrected chi connectivity index (χ3v) is 5.93. The Balaban J connectivity index is 1.40. The molecule has 0 amide bonds. The van der Waals surface area contributed by atoms with Gasteiger partial charge in [-0.1, -0.05) is 6.42 Å². The summed E-state index contributed by atoms with van der Waals surface area (Å²) in [5.41, 5.74) is 0.428. The highest BCUT2D eigenvalue weighted by atomic mass is 19.1. The Morgan fingerprint density at radius 3 is 2.77 bits per heavy atom. The van der Waals surface area contributed by atoms with Gasteiger partial charge in [-0.3, -0.25) is 5.01 Å². The average Bonchev–Trinajstić information content (AvgIpc) is 3.23. The van der Waals surface area contributed by atoms with E-state index in [1.54, 1.807) is 0 Å². The molecule has 1 atom stereocenters. The first-order valence-electron chi connectivity index (χ1n) is 9.45. The second-order valence-electron chi connectivity index (χ2n) is 7.42. The highest BCUT2D eigenvalue weighted by Gasteiger charge is 2.36. The van der Waals surface area contributed by atoms with Crippen LogP contribution in [0.1, 0.15) is 43.7 Å². The Morgan fingerprint density at radius 2 is 1.96 bits per heavy atom. The van der Waals surface area contributed by atoms with Crippen LogP contribution in [-0.2, 0) is 0 Å². The summed E-state index contributed by atoms with van der Waals surface area (Å²) < 4.78 is 27.9. The first kappa shape index (κ1) is 16.0. The molecule has 0 aromatic heterocycles. The molecular weight excluding hydrogens is 334 g/mol. The van der Waals surface area contributed by atoms with Gasteiger partial charge in [0.25, 0.3) is 0 Å². The van der Waals surface area contributed by atoms with E-state index in [0.29, 0.717) is 11.6 Å². The lowest BCUT2D eigenvalue weighted by Crippen LogP contribution is -2.46. The molecule has 0 spiro atoms. The Hall–Kier alpha value is -2.21. The van der Waals surface area contributed by atoms with E-state index in [9.17, 15) is 8.78 Å². The number of hydrogen-bond acceptors (Lipinski definition) is 4. The number of fused-ring (bicyclic) bond motifs is 1. The van der Waals surface area contributed by atoms with E-state index in [0.717, 1.165) is 37.6 Å². The maximum Gasteiger partial charge on any atom is 0.146 e. The van der Waals surface area contributed by atoms with Gasteiger partial charge in [0.1, 0.15) is 23.3 Å². The van der Waals surface area contributed by atoms with E-state index in [1.165, 1.54) is 37.5 Å². The van der Waals surface area contributed by atoms with Crippen LogP contribution in [0, 0.1) is 11.6 Å². The summed E-state index contributed by atoms with van der Waals surface area (Å²) in [6, 6.07) is 4.17. The normalized spacial score (nSPS) is 26.0. The van der Waals surface area contributed by atoms with Crippen LogP contribution in [0.2, 0.25) is 0 Å². The molecule has 1 saturated heterocycles. The van der Waals surface area contributed by atoms with Crippen molar-refractivity contribution in [2.24, 2.45) is 4.99 Å². The molecule has 2 fully saturated rings. The molecule has 1 aromatic rings. The minimum absolute atomic E-state index is 0.162. The number of halogens is 2. The van der Waals surface area contributed by atoms with Crippen molar-refractivity contribution in [3.63, 3.8) is 0 Å². The number of rotatable bonds is 2. The molecule has 0 radical (unpaired) electrons. The van der Waals surface area contributed by atoms with Crippen LogP contribution >= 0.6 is 0 Å². The van der Waals surface area contributed by atoms with Crippen molar-refractivity contribution in [1.82, 2.24) is 14.9 Å². The van der Waals surface area contributed by atoms with Crippen LogP contribution in [0.4, 0.5) is 8.78 Å². The van der Waals surface area contributed by atoms with E-state index in [-0.39, 0.29) is 11.9 Å². The zero-order valence-corrected chi connectivity index (χ0v) is 14.6. The van der Waals surface area contributed by atoms with Crippen LogP contribution in [0.25, 0.3) is 0 Å². The van der Waals surface area contributed by atoms with Crippen molar-refractivity contribution in [1.29, 1.82) is 0 Å². The number of hydrazine groups is 1. The summed E-state index contributed by atoms with van der Waals surface area (Å²) in [5.74, 6) is 1.05. The Bertz CT molecular complexity index is 812. The fourth-order valence-electron chi connectivity index (χ4n) is 4.34. The van der Waals surface area contributed by atoms with Gasteiger partial charge in [-0.05, 0) is 56.0 Å². The molecule has 26 heavy (non-hydrogen) atoms. The second-order valence-corrected chi connectivity index (χ2v) is 7.42. The minimum atomic E-state index is -0.393. The van der Waals surface area contributed by atoms with Gasteiger partial charge in [-0.25, -0.2) is 18.8 Å². The molecule has 0 bridgehead atoms. The number of hydrogen-bond donors (Lipinski definition) is 0. The molecule has 6 heteroatoms. The van der Waals surface area contributed by atoms with Crippen molar-refractivity contribution in [3.05, 3.63) is 59.6 Å². The first-order valence-corrected chi connectivity index (χ1v) is 9.45. The highest BCUT2D eigenvalue weighted by molar-refractivity contribution is 5.95. The lowest BCUT2D eigenvalue weighted by Gasteiger charge is -2.41. The molecule has 0 N–H and O–H groups in total. The average molecular weight is 356 g/mol. The zero-order chi connectivity index (χ0) is 17.7. The quantitative estimate of drug-likeness (QED) is 0.801. The standard InChI is InChI=1S/C20H22F2N4/c21-14-6-7-17(22)16(13-14)18-5-2-10-24(18)19-8-12-26-20(23-19)9-11-25(26)15-3-1-4-15/h6-9,12-13,15,18H,1-5,10-11H2/t18-/m1/s1. The summed E-state index contributed by atoms with van der Waals surface area (Å²) in [6.45, 7) is 1.70. The molecule has 0 unspecified atom stereocenters. The summed E-state index contributed by atoms with van der Waals surface area (Å²) in [7, 11) is 0. The molecule has 4 nitrogen and oxygen atoms in total. The number of aliphatic imine (C=N–C) groups is 1. The van der Waals surface area contributed by atoms with Gasteiger partial charge >= 0.3 is 0 Å². The fourth-order valence-corrected chi connectivity index (χ4v) is 4.34. The number of amidine groups is 1. The monoisotopic (exact) mass is 356 g/mol. The Morgan fingerprint density at radius 1 is 1.08 bits per heavy atom. The van der Waals surface area contributed by atoms with Gasteiger partial charge in [0.05, 0.1) is 6.04 Å². The molecular formula is C20H22F2N4. The molecule has 5 rings (SSSR count).